The van der Waals surface area contributed by atoms with Gasteiger partial charge in [-0.2, -0.15) is 22.1 Å². The van der Waals surface area contributed by atoms with Gasteiger partial charge in [0.05, 0.1) is 11.4 Å². The van der Waals surface area contributed by atoms with Gasteiger partial charge in [0.25, 0.3) is 10.2 Å². The zero-order valence-corrected chi connectivity index (χ0v) is 18.6. The van der Waals surface area contributed by atoms with E-state index in [2.05, 4.69) is 36.2 Å². The van der Waals surface area contributed by atoms with Gasteiger partial charge < -0.3 is 4.74 Å². The van der Waals surface area contributed by atoms with E-state index in [1.54, 1.807) is 4.31 Å². The molecule has 2 heterocycles. The van der Waals surface area contributed by atoms with Crippen LogP contribution >= 0.6 is 0 Å². The number of aromatic nitrogens is 2. The lowest BCUT2D eigenvalue weighted by Crippen LogP contribution is -2.42. The summed E-state index contributed by atoms with van der Waals surface area (Å²) in [6, 6.07) is 10.1. The second kappa shape index (κ2) is 9.28. The lowest BCUT2D eigenvalue weighted by Gasteiger charge is -2.25. The fourth-order valence-corrected chi connectivity index (χ4v) is 5.35. The predicted molar refractivity (Wildman–Crippen MR) is 114 cm³/mol. The van der Waals surface area contributed by atoms with Crippen LogP contribution < -0.4 is 4.74 Å². The molecule has 1 aromatic heterocycles. The van der Waals surface area contributed by atoms with Gasteiger partial charge in [0.1, 0.15) is 12.4 Å². The van der Waals surface area contributed by atoms with Crippen LogP contribution in [0.25, 0.3) is 0 Å². The maximum atomic E-state index is 12.7. The molecule has 160 valence electrons. The lowest BCUT2D eigenvalue weighted by molar-refractivity contribution is 0.301. The maximum absolute atomic E-state index is 12.7. The summed E-state index contributed by atoms with van der Waals surface area (Å²) in [6.45, 7) is 10.5. The molecule has 0 amide bonds. The summed E-state index contributed by atoms with van der Waals surface area (Å²) in [5.74, 6) is 1.43. The van der Waals surface area contributed by atoms with E-state index in [9.17, 15) is 8.42 Å². The third-order valence-corrected chi connectivity index (χ3v) is 7.67. The molecular formula is C21H32N4O3S. The zero-order valence-electron chi connectivity index (χ0n) is 17.8. The summed E-state index contributed by atoms with van der Waals surface area (Å²) in [7, 11) is -3.39. The third kappa shape index (κ3) is 4.99. The van der Waals surface area contributed by atoms with E-state index in [0.717, 1.165) is 23.6 Å². The lowest BCUT2D eigenvalue weighted by atomic mass is 10.0. The molecule has 8 heteroatoms. The maximum Gasteiger partial charge on any atom is 0.281 e. The van der Waals surface area contributed by atoms with Crippen LogP contribution in [0.3, 0.4) is 0 Å². The Morgan fingerprint density at radius 3 is 2.55 bits per heavy atom. The van der Waals surface area contributed by atoms with Crippen molar-refractivity contribution in [3.63, 3.8) is 0 Å². The quantitative estimate of drug-likeness (QED) is 0.674. The predicted octanol–water partition coefficient (Wildman–Crippen LogP) is 3.49. The molecule has 1 aromatic carbocycles. The first-order valence-corrected chi connectivity index (χ1v) is 11.8. The van der Waals surface area contributed by atoms with Crippen molar-refractivity contribution in [1.29, 1.82) is 0 Å². The van der Waals surface area contributed by atoms with Gasteiger partial charge >= 0.3 is 0 Å². The van der Waals surface area contributed by atoms with E-state index in [4.69, 9.17) is 4.74 Å². The summed E-state index contributed by atoms with van der Waals surface area (Å²) in [5.41, 5.74) is 3.07. The van der Waals surface area contributed by atoms with Crippen molar-refractivity contribution >= 4 is 10.2 Å². The van der Waals surface area contributed by atoms with Crippen molar-refractivity contribution in [1.82, 2.24) is 18.8 Å². The molecule has 1 N–H and O–H groups in total. The van der Waals surface area contributed by atoms with Gasteiger partial charge in [-0.3, -0.25) is 5.10 Å². The largest absolute Gasteiger partial charge is 0.487 e. The molecule has 1 aliphatic rings. The van der Waals surface area contributed by atoms with E-state index in [0.29, 0.717) is 38.7 Å². The monoisotopic (exact) mass is 420 g/mol. The van der Waals surface area contributed by atoms with E-state index >= 15 is 0 Å². The number of benzene rings is 1. The van der Waals surface area contributed by atoms with Gasteiger partial charge in [0.2, 0.25) is 0 Å². The molecule has 1 atom stereocenters. The summed E-state index contributed by atoms with van der Waals surface area (Å²) in [5, 5.41) is 7.44. The van der Waals surface area contributed by atoms with Crippen LogP contribution in [0.5, 0.6) is 5.75 Å². The Hall–Kier alpha value is -1.90. The van der Waals surface area contributed by atoms with Crippen LogP contribution in [0, 0.1) is 0 Å². The number of H-pyrrole nitrogens is 1. The molecule has 1 saturated heterocycles. The van der Waals surface area contributed by atoms with Crippen LogP contribution in [0.1, 0.15) is 62.9 Å². The number of ether oxygens (including phenoxy) is 1. The molecule has 0 bridgehead atoms. The third-order valence-electron chi connectivity index (χ3n) is 5.52. The molecule has 0 aliphatic carbocycles. The van der Waals surface area contributed by atoms with E-state index in [-0.39, 0.29) is 5.92 Å². The van der Waals surface area contributed by atoms with Crippen molar-refractivity contribution in [3.05, 3.63) is 47.3 Å². The number of aromatic amines is 1. The Balaban J connectivity index is 1.58. The number of hydrogen-bond donors (Lipinski definition) is 1. The summed E-state index contributed by atoms with van der Waals surface area (Å²) < 4.78 is 34.3. The molecule has 1 fully saturated rings. The molecular weight excluding hydrogens is 388 g/mol. The Bertz CT molecular complexity index is 889. The van der Waals surface area contributed by atoms with Crippen molar-refractivity contribution in [2.75, 3.05) is 26.2 Å². The Kier molecular flexibility index (Phi) is 6.97. The molecule has 29 heavy (non-hydrogen) atoms. The number of nitrogens with one attached hydrogen (secondary N) is 1. The van der Waals surface area contributed by atoms with Gasteiger partial charge in [0, 0.05) is 32.1 Å². The van der Waals surface area contributed by atoms with Crippen molar-refractivity contribution in [3.8, 4) is 5.75 Å². The minimum atomic E-state index is -3.39. The summed E-state index contributed by atoms with van der Waals surface area (Å²) in [4.78, 5) is 0. The van der Waals surface area contributed by atoms with Crippen LogP contribution in [-0.4, -0.2) is 53.4 Å². The average Bonchev–Trinajstić information content (AvgIpc) is 3.37. The van der Waals surface area contributed by atoms with Crippen molar-refractivity contribution in [2.45, 2.75) is 52.6 Å². The summed E-state index contributed by atoms with van der Waals surface area (Å²) >= 11 is 0. The smallest absolute Gasteiger partial charge is 0.281 e. The molecule has 0 spiro atoms. The first-order valence-electron chi connectivity index (χ1n) is 10.4. The fraction of sp³-hybridized carbons (Fsp3) is 0.571. The minimum Gasteiger partial charge on any atom is -0.487 e. The van der Waals surface area contributed by atoms with Gasteiger partial charge in [-0.05, 0) is 36.1 Å². The second-order valence-corrected chi connectivity index (χ2v) is 9.69. The molecule has 0 radical (unpaired) electrons. The molecule has 2 aromatic rings. The first kappa shape index (κ1) is 21.8. The highest BCUT2D eigenvalue weighted by molar-refractivity contribution is 7.86. The molecule has 3 rings (SSSR count). The fourth-order valence-electron chi connectivity index (χ4n) is 3.66. The zero-order chi connectivity index (χ0) is 21.0. The molecule has 0 unspecified atom stereocenters. The van der Waals surface area contributed by atoms with Crippen LogP contribution in [0.15, 0.2) is 30.3 Å². The minimum absolute atomic E-state index is 0.107. The van der Waals surface area contributed by atoms with Crippen LogP contribution in [0.4, 0.5) is 0 Å². The standard InChI is InChI=1S/C21H32N4O3S/c1-5-24(6-2)29(26,27)25-12-11-18(14-25)21-13-19(22-23-21)15-28-20-9-7-17(8-10-20)16(3)4/h7-10,13,16,18H,5-6,11-12,14-15H2,1-4H3,(H,22,23)/t18-/m1/s1. The van der Waals surface area contributed by atoms with Crippen molar-refractivity contribution in [2.24, 2.45) is 0 Å². The van der Waals surface area contributed by atoms with E-state index in [1.165, 1.54) is 9.87 Å². The van der Waals surface area contributed by atoms with E-state index in [1.807, 2.05) is 32.0 Å². The Labute approximate surface area is 174 Å². The van der Waals surface area contributed by atoms with E-state index < -0.39 is 10.2 Å². The van der Waals surface area contributed by atoms with Gasteiger partial charge in [-0.1, -0.05) is 39.8 Å². The van der Waals surface area contributed by atoms with Crippen LogP contribution in [0.2, 0.25) is 0 Å². The Morgan fingerprint density at radius 2 is 1.93 bits per heavy atom. The highest BCUT2D eigenvalue weighted by Crippen LogP contribution is 2.29. The second-order valence-electron chi connectivity index (χ2n) is 7.77. The normalized spacial score (nSPS) is 18.1. The molecule has 0 saturated carbocycles. The molecule has 7 nitrogen and oxygen atoms in total. The SMILES string of the molecule is CCN(CC)S(=O)(=O)N1CC[C@@H](c2cc(COc3ccc(C(C)C)cc3)[nH]n2)C1. The van der Waals surface area contributed by atoms with Crippen molar-refractivity contribution < 1.29 is 13.2 Å². The molecule has 1 aliphatic heterocycles. The first-order chi connectivity index (χ1) is 13.8. The topological polar surface area (TPSA) is 78.5 Å². The number of hydrogen-bond acceptors (Lipinski definition) is 4. The van der Waals surface area contributed by atoms with Gasteiger partial charge in [0.15, 0.2) is 0 Å². The van der Waals surface area contributed by atoms with Crippen LogP contribution in [-0.2, 0) is 16.8 Å². The highest BCUT2D eigenvalue weighted by atomic mass is 32.2. The number of rotatable bonds is 9. The average molecular weight is 421 g/mol. The van der Waals surface area contributed by atoms with Gasteiger partial charge in [-0.15, -0.1) is 0 Å². The summed E-state index contributed by atoms with van der Waals surface area (Å²) in [6.07, 6.45) is 0.780. The highest BCUT2D eigenvalue weighted by Gasteiger charge is 2.35. The number of nitrogens with zero attached hydrogens (tertiary/aromatic N) is 3. The van der Waals surface area contributed by atoms with Gasteiger partial charge in [-0.25, -0.2) is 0 Å². The Morgan fingerprint density at radius 1 is 1.24 bits per heavy atom.